The van der Waals surface area contributed by atoms with Crippen LogP contribution in [0.4, 0.5) is 0 Å². The third-order valence-corrected chi connectivity index (χ3v) is 2.12. The molecule has 0 aliphatic heterocycles. The number of rotatable bonds is 2. The molecule has 0 N–H and O–H groups in total. The Morgan fingerprint density at radius 1 is 1.23 bits per heavy atom. The minimum Gasteiger partial charge on any atom is -0.293 e. The van der Waals surface area contributed by atoms with Crippen LogP contribution < -0.4 is 0 Å². The molecule has 0 heterocycles. The lowest BCUT2D eigenvalue weighted by atomic mass is 10.0. The highest BCUT2D eigenvalue weighted by Crippen LogP contribution is 2.12. The molecule has 0 amide bonds. The van der Waals surface area contributed by atoms with Gasteiger partial charge in [0.05, 0.1) is 5.25 Å². The van der Waals surface area contributed by atoms with Gasteiger partial charge in [-0.15, -0.1) is 0 Å². The summed E-state index contributed by atoms with van der Waals surface area (Å²) in [6.07, 6.45) is 0. The summed E-state index contributed by atoms with van der Waals surface area (Å²) in [5, 5.41) is -0.221. The molecule has 1 aromatic rings. The minimum absolute atomic E-state index is 0.0927. The fourth-order valence-electron chi connectivity index (χ4n) is 1.36. The number of ketones is 1. The van der Waals surface area contributed by atoms with E-state index in [1.807, 2.05) is 26.0 Å². The van der Waals surface area contributed by atoms with Gasteiger partial charge >= 0.3 is 0 Å². The number of Topliss-reactive ketones (excluding diaryl/α,β-unsaturated/α-hetero) is 1. The van der Waals surface area contributed by atoms with E-state index in [0.29, 0.717) is 0 Å². The zero-order valence-electron chi connectivity index (χ0n) is 8.16. The van der Waals surface area contributed by atoms with Crippen LogP contribution in [-0.2, 0) is 0 Å². The van der Waals surface area contributed by atoms with Crippen molar-refractivity contribution >= 4 is 18.4 Å². The lowest BCUT2D eigenvalue weighted by Gasteiger charge is -2.05. The summed E-state index contributed by atoms with van der Waals surface area (Å²) in [6.45, 7) is 5.78. The van der Waals surface area contributed by atoms with Crippen LogP contribution in [0.2, 0.25) is 0 Å². The largest absolute Gasteiger partial charge is 0.293 e. The summed E-state index contributed by atoms with van der Waals surface area (Å²) in [5.41, 5.74) is 3.01. The lowest BCUT2D eigenvalue weighted by molar-refractivity contribution is 0.0994. The summed E-state index contributed by atoms with van der Waals surface area (Å²) < 4.78 is 0. The van der Waals surface area contributed by atoms with Crippen molar-refractivity contribution < 1.29 is 4.79 Å². The number of carbonyl (C=O) groups is 1. The van der Waals surface area contributed by atoms with Gasteiger partial charge in [0, 0.05) is 5.56 Å². The Labute approximate surface area is 84.6 Å². The molecule has 0 spiro atoms. The van der Waals surface area contributed by atoms with Crippen molar-refractivity contribution in [2.45, 2.75) is 26.0 Å². The van der Waals surface area contributed by atoms with Crippen molar-refractivity contribution in [1.82, 2.24) is 0 Å². The molecule has 1 aromatic carbocycles. The number of benzene rings is 1. The maximum absolute atomic E-state index is 11.6. The quantitative estimate of drug-likeness (QED) is 0.566. The van der Waals surface area contributed by atoms with Crippen LogP contribution in [0.5, 0.6) is 0 Å². The molecule has 1 rings (SSSR count). The van der Waals surface area contributed by atoms with E-state index in [0.717, 1.165) is 16.7 Å². The van der Waals surface area contributed by atoms with Crippen LogP contribution in [0.25, 0.3) is 0 Å². The first-order chi connectivity index (χ1) is 6.00. The van der Waals surface area contributed by atoms with Gasteiger partial charge in [-0.05, 0) is 32.9 Å². The summed E-state index contributed by atoms with van der Waals surface area (Å²) in [7, 11) is 0. The van der Waals surface area contributed by atoms with Gasteiger partial charge in [0.1, 0.15) is 0 Å². The maximum atomic E-state index is 11.6. The molecule has 70 valence electrons. The van der Waals surface area contributed by atoms with Gasteiger partial charge in [-0.1, -0.05) is 17.2 Å². The molecular formula is C11H14OS. The first-order valence-electron chi connectivity index (χ1n) is 4.31. The number of hydrogen-bond acceptors (Lipinski definition) is 2. The maximum Gasteiger partial charge on any atom is 0.175 e. The molecule has 0 saturated carbocycles. The Kier molecular flexibility index (Phi) is 3.15. The monoisotopic (exact) mass is 194 g/mol. The fourth-order valence-corrected chi connectivity index (χ4v) is 1.51. The Balaban J connectivity index is 3.08. The van der Waals surface area contributed by atoms with Crippen LogP contribution >= 0.6 is 12.6 Å². The molecule has 0 saturated heterocycles. The van der Waals surface area contributed by atoms with Crippen LogP contribution in [0.3, 0.4) is 0 Å². The van der Waals surface area contributed by atoms with E-state index in [-0.39, 0.29) is 11.0 Å². The van der Waals surface area contributed by atoms with Crippen molar-refractivity contribution in [2.24, 2.45) is 0 Å². The first-order valence-corrected chi connectivity index (χ1v) is 4.83. The Bertz CT molecular complexity index is 309. The van der Waals surface area contributed by atoms with Crippen LogP contribution in [0.1, 0.15) is 28.4 Å². The molecule has 13 heavy (non-hydrogen) atoms. The molecule has 0 bridgehead atoms. The molecule has 1 nitrogen and oxygen atoms in total. The Morgan fingerprint density at radius 3 is 2.08 bits per heavy atom. The molecule has 1 atom stereocenters. The molecule has 0 aliphatic rings. The first kappa shape index (κ1) is 10.3. The van der Waals surface area contributed by atoms with E-state index >= 15 is 0 Å². The molecule has 0 radical (unpaired) electrons. The highest BCUT2D eigenvalue weighted by molar-refractivity contribution is 7.81. The van der Waals surface area contributed by atoms with Crippen molar-refractivity contribution in [3.63, 3.8) is 0 Å². The van der Waals surface area contributed by atoms with Crippen LogP contribution in [-0.4, -0.2) is 11.0 Å². The lowest BCUT2D eigenvalue weighted by Crippen LogP contribution is -2.10. The SMILES string of the molecule is Cc1cc(C)cc(C(=O)C(C)S)c1. The standard InChI is InChI=1S/C11H14OS/c1-7-4-8(2)6-10(5-7)11(12)9(3)13/h4-6,9,13H,1-3H3. The summed E-state index contributed by atoms with van der Waals surface area (Å²) >= 11 is 4.12. The second-order valence-electron chi connectivity index (χ2n) is 3.42. The van der Waals surface area contributed by atoms with Gasteiger partial charge < -0.3 is 0 Å². The van der Waals surface area contributed by atoms with Crippen molar-refractivity contribution in [3.05, 3.63) is 34.9 Å². The van der Waals surface area contributed by atoms with Gasteiger partial charge in [-0.2, -0.15) is 12.6 Å². The van der Waals surface area contributed by atoms with Crippen LogP contribution in [0.15, 0.2) is 18.2 Å². The van der Waals surface area contributed by atoms with E-state index in [2.05, 4.69) is 18.7 Å². The van der Waals surface area contributed by atoms with E-state index in [1.54, 1.807) is 6.92 Å². The van der Waals surface area contributed by atoms with Gasteiger partial charge in [-0.25, -0.2) is 0 Å². The molecule has 0 aliphatic carbocycles. The van der Waals surface area contributed by atoms with E-state index in [1.165, 1.54) is 0 Å². The molecular weight excluding hydrogens is 180 g/mol. The molecule has 1 unspecified atom stereocenters. The summed E-state index contributed by atoms with van der Waals surface area (Å²) in [5.74, 6) is 0.0927. The third-order valence-electron chi connectivity index (χ3n) is 1.89. The van der Waals surface area contributed by atoms with Gasteiger partial charge in [-0.3, -0.25) is 4.79 Å². The van der Waals surface area contributed by atoms with E-state index in [9.17, 15) is 4.79 Å². The van der Waals surface area contributed by atoms with Gasteiger partial charge in [0.25, 0.3) is 0 Å². The number of aryl methyl sites for hydroxylation is 2. The second-order valence-corrected chi connectivity index (χ2v) is 4.19. The number of hydrogen-bond donors (Lipinski definition) is 1. The normalized spacial score (nSPS) is 12.6. The summed E-state index contributed by atoms with van der Waals surface area (Å²) in [6, 6.07) is 5.87. The van der Waals surface area contributed by atoms with Crippen molar-refractivity contribution in [2.75, 3.05) is 0 Å². The smallest absolute Gasteiger partial charge is 0.175 e. The zero-order valence-corrected chi connectivity index (χ0v) is 9.06. The molecule has 2 heteroatoms. The Hall–Kier alpha value is -0.760. The fraction of sp³-hybridized carbons (Fsp3) is 0.364. The zero-order chi connectivity index (χ0) is 10.0. The van der Waals surface area contributed by atoms with E-state index in [4.69, 9.17) is 0 Å². The second kappa shape index (κ2) is 3.97. The summed E-state index contributed by atoms with van der Waals surface area (Å²) in [4.78, 5) is 11.6. The average Bonchev–Trinajstić information content (AvgIpc) is 2.01. The minimum atomic E-state index is -0.221. The van der Waals surface area contributed by atoms with Crippen LogP contribution in [0, 0.1) is 13.8 Å². The van der Waals surface area contributed by atoms with Gasteiger partial charge in [0.2, 0.25) is 0 Å². The number of carbonyl (C=O) groups excluding carboxylic acids is 1. The highest BCUT2D eigenvalue weighted by Gasteiger charge is 2.11. The third kappa shape index (κ3) is 2.59. The molecule has 0 fully saturated rings. The topological polar surface area (TPSA) is 17.1 Å². The van der Waals surface area contributed by atoms with Gasteiger partial charge in [0.15, 0.2) is 5.78 Å². The predicted molar refractivity (Wildman–Crippen MR) is 58.7 cm³/mol. The predicted octanol–water partition coefficient (Wildman–Crippen LogP) is 2.80. The molecule has 0 aromatic heterocycles. The Morgan fingerprint density at radius 2 is 1.69 bits per heavy atom. The average molecular weight is 194 g/mol. The highest BCUT2D eigenvalue weighted by atomic mass is 32.1. The van der Waals surface area contributed by atoms with Crippen molar-refractivity contribution in [1.29, 1.82) is 0 Å². The van der Waals surface area contributed by atoms with Crippen molar-refractivity contribution in [3.8, 4) is 0 Å². The number of thiol groups is 1. The van der Waals surface area contributed by atoms with E-state index < -0.39 is 0 Å².